The van der Waals surface area contributed by atoms with Gasteiger partial charge in [-0.15, -0.1) is 24.8 Å². The summed E-state index contributed by atoms with van der Waals surface area (Å²) >= 11 is 0. The fraction of sp³-hybridized carbons (Fsp3) is 0.143. The highest BCUT2D eigenvalue weighted by Crippen LogP contribution is 2.42. The Morgan fingerprint density at radius 3 is 2.25 bits per heavy atom. The lowest BCUT2D eigenvalue weighted by atomic mass is 9.80. The van der Waals surface area contributed by atoms with Crippen molar-refractivity contribution in [1.82, 2.24) is 0 Å². The van der Waals surface area contributed by atoms with Gasteiger partial charge < -0.3 is 10.8 Å². The van der Waals surface area contributed by atoms with E-state index in [1.165, 1.54) is 0 Å². The first-order valence-corrected chi connectivity index (χ1v) is 5.62. The largest absolute Gasteiger partial charge is 0.480 e. The standard InChI is InChI=1S/C14H11NO3.2ClH/c15-12(16)14(13(17)18)7-9-5-1-3-8-4-2-6-10(14)11(8)9;;/h1-6H,7H2,(H2,15,16)(H,17,18);2*1H. The molecule has 0 aromatic heterocycles. The minimum Gasteiger partial charge on any atom is -0.480 e. The molecule has 1 unspecified atom stereocenters. The Morgan fingerprint density at radius 1 is 1.10 bits per heavy atom. The molecule has 0 saturated carbocycles. The Bertz CT molecular complexity index is 681. The average molecular weight is 314 g/mol. The van der Waals surface area contributed by atoms with E-state index in [9.17, 15) is 14.7 Å². The van der Waals surface area contributed by atoms with Crippen LogP contribution in [0.2, 0.25) is 0 Å². The maximum absolute atomic E-state index is 11.7. The smallest absolute Gasteiger partial charge is 0.324 e. The lowest BCUT2D eigenvalue weighted by Gasteiger charge is -2.21. The Kier molecular flexibility index (Phi) is 4.32. The molecule has 1 aliphatic carbocycles. The van der Waals surface area contributed by atoms with E-state index in [1.807, 2.05) is 24.3 Å². The number of amides is 1. The van der Waals surface area contributed by atoms with Gasteiger partial charge in [-0.3, -0.25) is 9.59 Å². The number of rotatable bonds is 2. The third-order valence-corrected chi connectivity index (χ3v) is 3.69. The highest BCUT2D eigenvalue weighted by Gasteiger charge is 2.51. The number of hydrogen-bond donors (Lipinski definition) is 2. The normalized spacial score (nSPS) is 19.0. The van der Waals surface area contributed by atoms with E-state index < -0.39 is 17.3 Å². The van der Waals surface area contributed by atoms with Crippen molar-refractivity contribution >= 4 is 47.5 Å². The van der Waals surface area contributed by atoms with Crippen LogP contribution in [0.1, 0.15) is 11.1 Å². The minimum atomic E-state index is -1.62. The Morgan fingerprint density at radius 2 is 1.70 bits per heavy atom. The second-order valence-electron chi connectivity index (χ2n) is 4.57. The van der Waals surface area contributed by atoms with Crippen LogP contribution in [-0.2, 0) is 21.4 Å². The maximum atomic E-state index is 11.7. The molecule has 0 fully saturated rings. The van der Waals surface area contributed by atoms with E-state index >= 15 is 0 Å². The van der Waals surface area contributed by atoms with Crippen LogP contribution in [0, 0.1) is 0 Å². The molecule has 3 rings (SSSR count). The van der Waals surface area contributed by atoms with Crippen molar-refractivity contribution in [1.29, 1.82) is 0 Å². The molecule has 0 heterocycles. The Hall–Kier alpha value is -1.78. The van der Waals surface area contributed by atoms with Crippen molar-refractivity contribution in [2.75, 3.05) is 0 Å². The zero-order valence-electron chi connectivity index (χ0n) is 10.3. The van der Waals surface area contributed by atoms with Crippen molar-refractivity contribution in [3.05, 3.63) is 47.5 Å². The van der Waals surface area contributed by atoms with Crippen molar-refractivity contribution in [2.45, 2.75) is 11.8 Å². The van der Waals surface area contributed by atoms with Crippen LogP contribution in [0.15, 0.2) is 36.4 Å². The van der Waals surface area contributed by atoms with E-state index in [4.69, 9.17) is 5.73 Å². The predicted molar refractivity (Wildman–Crippen MR) is 80.7 cm³/mol. The fourth-order valence-electron chi connectivity index (χ4n) is 2.82. The SMILES string of the molecule is Cl.Cl.NC(=O)C1(C(=O)O)Cc2cccc3cccc1c23. The van der Waals surface area contributed by atoms with Crippen molar-refractivity contribution in [3.8, 4) is 0 Å². The van der Waals surface area contributed by atoms with Crippen molar-refractivity contribution in [2.24, 2.45) is 5.73 Å². The first-order chi connectivity index (χ1) is 8.57. The second kappa shape index (κ2) is 5.31. The first-order valence-electron chi connectivity index (χ1n) is 5.62. The van der Waals surface area contributed by atoms with Gasteiger partial charge in [0.2, 0.25) is 5.91 Å². The molecule has 0 spiro atoms. The summed E-state index contributed by atoms with van der Waals surface area (Å²) in [6.45, 7) is 0. The van der Waals surface area contributed by atoms with Gasteiger partial charge in [0.15, 0.2) is 5.41 Å². The number of halogens is 2. The molecule has 106 valence electrons. The predicted octanol–water partition coefficient (Wildman–Crippen LogP) is 2.05. The molecule has 0 radical (unpaired) electrons. The number of carbonyl (C=O) groups excluding carboxylic acids is 1. The quantitative estimate of drug-likeness (QED) is 0.833. The molecule has 20 heavy (non-hydrogen) atoms. The number of aliphatic carboxylic acids is 1. The van der Waals surface area contributed by atoms with Crippen LogP contribution < -0.4 is 5.73 Å². The van der Waals surface area contributed by atoms with Crippen LogP contribution in [0.4, 0.5) is 0 Å². The molecular formula is C14H13Cl2NO3. The summed E-state index contributed by atoms with van der Waals surface area (Å²) in [5.41, 5.74) is 5.12. The molecule has 4 nitrogen and oxygen atoms in total. The number of nitrogens with two attached hydrogens (primary N) is 1. The van der Waals surface area contributed by atoms with E-state index in [-0.39, 0.29) is 31.2 Å². The fourth-order valence-corrected chi connectivity index (χ4v) is 2.82. The van der Waals surface area contributed by atoms with Crippen LogP contribution >= 0.6 is 24.8 Å². The average Bonchev–Trinajstić information content (AvgIpc) is 2.68. The third-order valence-electron chi connectivity index (χ3n) is 3.69. The van der Waals surface area contributed by atoms with Gasteiger partial charge in [-0.1, -0.05) is 36.4 Å². The topological polar surface area (TPSA) is 80.4 Å². The molecule has 1 amide bonds. The summed E-state index contributed by atoms with van der Waals surface area (Å²) in [5, 5.41) is 11.2. The Balaban J connectivity index is 0.000001000. The number of benzene rings is 2. The maximum Gasteiger partial charge on any atom is 0.324 e. The summed E-state index contributed by atoms with van der Waals surface area (Å²) in [6.07, 6.45) is 0.133. The molecular weight excluding hydrogens is 301 g/mol. The molecule has 0 bridgehead atoms. The van der Waals surface area contributed by atoms with Gasteiger partial charge >= 0.3 is 5.97 Å². The summed E-state index contributed by atoms with van der Waals surface area (Å²) in [5.74, 6) is -1.99. The van der Waals surface area contributed by atoms with E-state index in [0.29, 0.717) is 5.56 Å². The van der Waals surface area contributed by atoms with Gasteiger partial charge in [0.1, 0.15) is 0 Å². The molecule has 0 saturated heterocycles. The number of carboxylic acid groups (broad SMARTS) is 1. The van der Waals surface area contributed by atoms with Gasteiger partial charge in [-0.25, -0.2) is 0 Å². The zero-order valence-corrected chi connectivity index (χ0v) is 12.0. The van der Waals surface area contributed by atoms with Crippen molar-refractivity contribution in [3.63, 3.8) is 0 Å². The van der Waals surface area contributed by atoms with Crippen LogP contribution in [-0.4, -0.2) is 17.0 Å². The lowest BCUT2D eigenvalue weighted by molar-refractivity contribution is -0.148. The van der Waals surface area contributed by atoms with Gasteiger partial charge in [-0.05, 0) is 21.9 Å². The first kappa shape index (κ1) is 16.3. The van der Waals surface area contributed by atoms with Gasteiger partial charge in [-0.2, -0.15) is 0 Å². The molecule has 0 aliphatic heterocycles. The number of carbonyl (C=O) groups is 2. The van der Waals surface area contributed by atoms with Crippen molar-refractivity contribution < 1.29 is 14.7 Å². The van der Waals surface area contributed by atoms with Gasteiger partial charge in [0.05, 0.1) is 0 Å². The lowest BCUT2D eigenvalue weighted by Crippen LogP contribution is -2.47. The molecule has 2 aromatic carbocycles. The summed E-state index contributed by atoms with van der Waals surface area (Å²) in [4.78, 5) is 23.3. The van der Waals surface area contributed by atoms with Gasteiger partial charge in [0.25, 0.3) is 0 Å². The highest BCUT2D eigenvalue weighted by atomic mass is 35.5. The number of primary amides is 1. The second-order valence-corrected chi connectivity index (χ2v) is 4.57. The Labute approximate surface area is 127 Å². The molecule has 6 heteroatoms. The molecule has 3 N–H and O–H groups in total. The van der Waals surface area contributed by atoms with E-state index in [1.54, 1.807) is 12.1 Å². The van der Waals surface area contributed by atoms with Crippen LogP contribution in [0.3, 0.4) is 0 Å². The summed E-state index contributed by atoms with van der Waals surface area (Å²) < 4.78 is 0. The monoisotopic (exact) mass is 313 g/mol. The number of carboxylic acids is 1. The van der Waals surface area contributed by atoms with Gasteiger partial charge in [0, 0.05) is 6.42 Å². The highest BCUT2D eigenvalue weighted by molar-refractivity contribution is 6.13. The van der Waals surface area contributed by atoms with Crippen LogP contribution in [0.25, 0.3) is 10.8 Å². The van der Waals surface area contributed by atoms with E-state index in [0.717, 1.165) is 16.3 Å². The van der Waals surface area contributed by atoms with E-state index in [2.05, 4.69) is 0 Å². The molecule has 2 aromatic rings. The minimum absolute atomic E-state index is 0. The summed E-state index contributed by atoms with van der Waals surface area (Å²) in [7, 11) is 0. The molecule has 1 atom stereocenters. The molecule has 1 aliphatic rings. The summed E-state index contributed by atoms with van der Waals surface area (Å²) in [6, 6.07) is 11.0. The number of hydrogen-bond acceptors (Lipinski definition) is 2. The van der Waals surface area contributed by atoms with Crippen LogP contribution in [0.5, 0.6) is 0 Å². The zero-order chi connectivity index (χ0) is 12.9. The third kappa shape index (κ3) is 1.84.